The minimum absolute atomic E-state index is 0.0349. The Morgan fingerprint density at radius 3 is 2.11 bits per heavy atom. The van der Waals surface area contributed by atoms with Crippen molar-refractivity contribution in [2.24, 2.45) is 17.6 Å². The summed E-state index contributed by atoms with van der Waals surface area (Å²) < 4.78 is 19.3. The second-order valence-corrected chi connectivity index (χ2v) is 15.6. The van der Waals surface area contributed by atoms with E-state index >= 15 is 0 Å². The number of hydrogen-bond acceptors (Lipinski definition) is 5. The lowest BCUT2D eigenvalue weighted by atomic mass is 9.87. The van der Waals surface area contributed by atoms with Crippen molar-refractivity contribution in [3.63, 3.8) is 0 Å². The number of thiocarbonyl (C=S) groups is 1. The summed E-state index contributed by atoms with van der Waals surface area (Å²) >= 11 is 5.20. The molecule has 188 valence electrons. The molecule has 0 aromatic heterocycles. The molecule has 7 heteroatoms. The molecule has 35 heavy (non-hydrogen) atoms. The lowest BCUT2D eigenvalue weighted by molar-refractivity contribution is -0.149. The molecule has 2 N–H and O–H groups in total. The van der Waals surface area contributed by atoms with E-state index in [0.717, 1.165) is 12.8 Å². The first-order valence-corrected chi connectivity index (χ1v) is 14.8. The van der Waals surface area contributed by atoms with E-state index in [1.807, 2.05) is 12.1 Å². The van der Waals surface area contributed by atoms with Crippen LogP contribution in [-0.4, -0.2) is 44.2 Å². The highest BCUT2D eigenvalue weighted by Gasteiger charge is 2.53. The van der Waals surface area contributed by atoms with Crippen molar-refractivity contribution in [2.45, 2.75) is 70.3 Å². The SMILES string of the molecule is CC(=O)OC1CC2OC(C(N)=S)CCC2C1CO[Si](c1ccccc1)(c1ccccc1)C(C)(C)C. The Morgan fingerprint density at radius 1 is 1.06 bits per heavy atom. The second kappa shape index (κ2) is 10.5. The van der Waals surface area contributed by atoms with E-state index in [9.17, 15) is 4.79 Å². The van der Waals surface area contributed by atoms with Crippen LogP contribution in [0.5, 0.6) is 0 Å². The number of esters is 1. The van der Waals surface area contributed by atoms with Crippen molar-refractivity contribution in [3.8, 4) is 0 Å². The van der Waals surface area contributed by atoms with Gasteiger partial charge in [0.2, 0.25) is 0 Å². The minimum atomic E-state index is -2.70. The third-order valence-corrected chi connectivity index (χ3v) is 12.9. The van der Waals surface area contributed by atoms with Crippen molar-refractivity contribution in [1.82, 2.24) is 0 Å². The first-order chi connectivity index (χ1) is 16.6. The third kappa shape index (κ3) is 5.24. The van der Waals surface area contributed by atoms with Gasteiger partial charge in [-0.2, -0.15) is 0 Å². The van der Waals surface area contributed by atoms with E-state index in [4.69, 9.17) is 31.9 Å². The number of ether oxygens (including phenoxy) is 2. The van der Waals surface area contributed by atoms with Crippen LogP contribution in [0.15, 0.2) is 60.7 Å². The zero-order valence-electron chi connectivity index (χ0n) is 21.1. The third-order valence-electron chi connectivity index (χ3n) is 7.61. The summed E-state index contributed by atoms with van der Waals surface area (Å²) in [6.07, 6.45) is 1.88. The number of rotatable bonds is 7. The Labute approximate surface area is 215 Å². The summed E-state index contributed by atoms with van der Waals surface area (Å²) in [7, 11) is -2.70. The van der Waals surface area contributed by atoms with E-state index in [-0.39, 0.29) is 41.2 Å². The largest absolute Gasteiger partial charge is 0.462 e. The molecule has 5 nitrogen and oxygen atoms in total. The smallest absolute Gasteiger partial charge is 0.302 e. The van der Waals surface area contributed by atoms with Crippen molar-refractivity contribution in [2.75, 3.05) is 6.61 Å². The van der Waals surface area contributed by atoms with Gasteiger partial charge in [-0.25, -0.2) is 0 Å². The predicted molar refractivity (Wildman–Crippen MR) is 145 cm³/mol. The first-order valence-electron chi connectivity index (χ1n) is 12.5. The van der Waals surface area contributed by atoms with Crippen molar-refractivity contribution in [3.05, 3.63) is 60.7 Å². The number of nitrogens with two attached hydrogens (primary N) is 1. The van der Waals surface area contributed by atoms with Gasteiger partial charge in [0.1, 0.15) is 17.2 Å². The van der Waals surface area contributed by atoms with E-state index in [2.05, 4.69) is 69.3 Å². The fraction of sp³-hybridized carbons (Fsp3) is 0.500. The molecule has 1 saturated carbocycles. The van der Waals surface area contributed by atoms with E-state index in [1.54, 1.807) is 0 Å². The van der Waals surface area contributed by atoms with Crippen molar-refractivity contribution < 1.29 is 18.7 Å². The number of fused-ring (bicyclic) bond motifs is 1. The van der Waals surface area contributed by atoms with Crippen LogP contribution in [0.4, 0.5) is 0 Å². The summed E-state index contributed by atoms with van der Waals surface area (Å²) in [6.45, 7) is 8.80. The maximum Gasteiger partial charge on any atom is 0.302 e. The van der Waals surface area contributed by atoms with Crippen molar-refractivity contribution in [1.29, 1.82) is 0 Å². The van der Waals surface area contributed by atoms with Crippen LogP contribution in [0.25, 0.3) is 0 Å². The lowest BCUT2D eigenvalue weighted by Crippen LogP contribution is -2.67. The molecule has 0 spiro atoms. The average Bonchev–Trinajstić information content (AvgIpc) is 3.15. The maximum absolute atomic E-state index is 12.0. The molecule has 5 atom stereocenters. The molecule has 2 aromatic carbocycles. The molecule has 2 fully saturated rings. The molecule has 0 amide bonds. The van der Waals surface area contributed by atoms with Gasteiger partial charge >= 0.3 is 5.97 Å². The Balaban J connectivity index is 1.69. The van der Waals surface area contributed by atoms with Crippen LogP contribution < -0.4 is 16.1 Å². The fourth-order valence-corrected chi connectivity index (χ4v) is 10.9. The van der Waals surface area contributed by atoms with Crippen LogP contribution in [0.2, 0.25) is 5.04 Å². The maximum atomic E-state index is 12.0. The van der Waals surface area contributed by atoms with Gasteiger partial charge < -0.3 is 19.6 Å². The van der Waals surface area contributed by atoms with Gasteiger partial charge in [-0.15, -0.1) is 0 Å². The molecule has 1 aliphatic heterocycles. The molecule has 1 saturated heterocycles. The summed E-state index contributed by atoms with van der Waals surface area (Å²) in [4.78, 5) is 12.4. The van der Waals surface area contributed by atoms with Crippen LogP contribution in [0.3, 0.4) is 0 Å². The Hall–Kier alpha value is -2.06. The van der Waals surface area contributed by atoms with Crippen LogP contribution >= 0.6 is 12.2 Å². The van der Waals surface area contributed by atoms with Gasteiger partial charge in [-0.1, -0.05) is 93.7 Å². The van der Waals surface area contributed by atoms with Gasteiger partial charge in [0.25, 0.3) is 8.32 Å². The number of carbonyl (C=O) groups excluding carboxylic acids is 1. The molecule has 4 rings (SSSR count). The van der Waals surface area contributed by atoms with Gasteiger partial charge in [0.15, 0.2) is 0 Å². The Morgan fingerprint density at radius 2 is 1.63 bits per heavy atom. The molecule has 2 aliphatic rings. The standard InChI is InChI=1S/C28H37NO4SSi/c1-19(30)32-26-17-25-22(15-16-24(33-25)27(29)34)23(26)18-31-35(28(2,3)4,20-11-7-5-8-12-20)21-13-9-6-10-14-21/h5-14,22-26H,15-18H2,1-4H3,(H2,29,34). The van der Waals surface area contributed by atoms with Crippen LogP contribution in [-0.2, 0) is 18.7 Å². The first kappa shape index (κ1) is 26.0. The topological polar surface area (TPSA) is 70.8 Å². The number of hydrogen-bond donors (Lipinski definition) is 1. The summed E-state index contributed by atoms with van der Waals surface area (Å²) in [5.74, 6) is 0.0241. The Kier molecular flexibility index (Phi) is 7.81. The van der Waals surface area contributed by atoms with Gasteiger partial charge in [-0.05, 0) is 34.2 Å². The fourth-order valence-electron chi connectivity index (χ4n) is 6.08. The zero-order valence-corrected chi connectivity index (χ0v) is 22.9. The molecular formula is C28H37NO4SSi. The van der Waals surface area contributed by atoms with Gasteiger partial charge in [0, 0.05) is 25.9 Å². The van der Waals surface area contributed by atoms with Crippen molar-refractivity contribution >= 4 is 41.9 Å². The lowest BCUT2D eigenvalue weighted by Gasteiger charge is -2.44. The summed E-state index contributed by atoms with van der Waals surface area (Å²) in [6, 6.07) is 21.2. The van der Waals surface area contributed by atoms with E-state index in [1.165, 1.54) is 17.3 Å². The van der Waals surface area contributed by atoms with Crippen LogP contribution in [0, 0.1) is 11.8 Å². The number of benzene rings is 2. The molecular weight excluding hydrogens is 474 g/mol. The Bertz CT molecular complexity index is 987. The molecule has 0 bridgehead atoms. The highest BCUT2D eigenvalue weighted by Crippen LogP contribution is 2.45. The molecule has 0 radical (unpaired) electrons. The molecule has 5 unspecified atom stereocenters. The number of carbonyl (C=O) groups is 1. The minimum Gasteiger partial charge on any atom is -0.462 e. The monoisotopic (exact) mass is 511 g/mol. The average molecular weight is 512 g/mol. The predicted octanol–water partition coefficient (Wildman–Crippen LogP) is 3.96. The highest BCUT2D eigenvalue weighted by molar-refractivity contribution is 7.80. The second-order valence-electron chi connectivity index (χ2n) is 10.8. The molecule has 1 aliphatic carbocycles. The highest BCUT2D eigenvalue weighted by atomic mass is 32.1. The van der Waals surface area contributed by atoms with Crippen LogP contribution in [0.1, 0.15) is 47.0 Å². The molecule has 2 aromatic rings. The van der Waals surface area contributed by atoms with E-state index in [0.29, 0.717) is 18.0 Å². The molecule has 1 heterocycles. The van der Waals surface area contributed by atoms with Gasteiger partial charge in [-0.3, -0.25) is 4.79 Å². The van der Waals surface area contributed by atoms with Gasteiger partial charge in [0.05, 0.1) is 6.10 Å². The summed E-state index contributed by atoms with van der Waals surface area (Å²) in [5.41, 5.74) is 5.89. The quantitative estimate of drug-likeness (QED) is 0.345. The zero-order chi connectivity index (χ0) is 25.2. The van der Waals surface area contributed by atoms with E-state index < -0.39 is 8.32 Å². The summed E-state index contributed by atoms with van der Waals surface area (Å²) in [5, 5.41) is 2.36. The normalized spacial score (nSPS) is 26.7.